The lowest BCUT2D eigenvalue weighted by Crippen LogP contribution is -2.66. The van der Waals surface area contributed by atoms with E-state index in [0.717, 1.165) is 0 Å². The first kappa shape index (κ1) is 43.4. The Morgan fingerprint density at radius 2 is 1.16 bits per heavy atom. The molecule has 0 bridgehead atoms. The number of hydrogen-bond donors (Lipinski definition) is 1. The SMILES string of the molecule is CCOP(=O)(OCC)C(N[C@@H]1O[C@H](COC(=O)C(C)(C)C)[C@H](OC(=O)C(C)(C)C)[C@H](OC(=O)C(C)(C)C)[C@H]1OC(=O)C(C)(C)C)c1ccco1. The predicted octanol–water partition coefficient (Wildman–Crippen LogP) is 6.32. The van der Waals surface area contributed by atoms with Crippen molar-refractivity contribution in [3.8, 4) is 0 Å². The van der Waals surface area contributed by atoms with Crippen LogP contribution in [0.1, 0.15) is 108 Å². The average molecular weight is 732 g/mol. The zero-order valence-corrected chi connectivity index (χ0v) is 33.0. The van der Waals surface area contributed by atoms with Crippen LogP contribution in [0.15, 0.2) is 22.8 Å². The molecule has 0 saturated carbocycles. The third-order valence-corrected chi connectivity index (χ3v) is 9.53. The molecule has 1 aromatic heterocycles. The zero-order chi connectivity index (χ0) is 38.5. The molecule has 50 heavy (non-hydrogen) atoms. The topological polar surface area (TPSA) is 175 Å². The van der Waals surface area contributed by atoms with Crippen LogP contribution < -0.4 is 5.32 Å². The molecule has 1 saturated heterocycles. The maximum Gasteiger partial charge on any atom is 0.355 e. The van der Waals surface area contributed by atoms with Crippen LogP contribution in [0.5, 0.6) is 0 Å². The fourth-order valence-corrected chi connectivity index (χ4v) is 6.22. The molecular weight excluding hydrogens is 673 g/mol. The van der Waals surface area contributed by atoms with E-state index in [4.69, 9.17) is 37.1 Å². The van der Waals surface area contributed by atoms with Crippen molar-refractivity contribution >= 4 is 31.5 Å². The molecule has 0 aliphatic carbocycles. The van der Waals surface area contributed by atoms with Crippen molar-refractivity contribution in [3.63, 3.8) is 0 Å². The van der Waals surface area contributed by atoms with Gasteiger partial charge in [-0.05, 0) is 109 Å². The minimum absolute atomic E-state index is 0.00611. The molecule has 0 spiro atoms. The molecule has 286 valence electrons. The van der Waals surface area contributed by atoms with Gasteiger partial charge in [-0.15, -0.1) is 0 Å². The van der Waals surface area contributed by atoms with Gasteiger partial charge in [0, 0.05) is 0 Å². The Hall–Kier alpha value is -2.77. The summed E-state index contributed by atoms with van der Waals surface area (Å²) in [6.45, 7) is 22.6. The Bertz CT molecular complexity index is 1340. The number of carbonyl (C=O) groups excluding carboxylic acids is 4. The summed E-state index contributed by atoms with van der Waals surface area (Å²) < 4.78 is 61.6. The fourth-order valence-electron chi connectivity index (χ4n) is 4.34. The molecule has 14 nitrogen and oxygen atoms in total. The van der Waals surface area contributed by atoms with Crippen LogP contribution in [0, 0.1) is 21.7 Å². The number of esters is 4. The van der Waals surface area contributed by atoms with E-state index in [2.05, 4.69) is 5.32 Å². The molecule has 1 aliphatic heterocycles. The smallest absolute Gasteiger partial charge is 0.355 e. The van der Waals surface area contributed by atoms with Gasteiger partial charge in [0.1, 0.15) is 18.5 Å². The molecule has 0 radical (unpaired) electrons. The lowest BCUT2D eigenvalue weighted by molar-refractivity contribution is -0.265. The predicted molar refractivity (Wildman–Crippen MR) is 183 cm³/mol. The standard InChI is InChI=1S/C35H58NO13P/c1-15-44-50(41,45-16-2)27(21-18-17-19-42-21)36-26-25(49-31(40)35(12,13)14)24(48-30(39)34(9,10)11)23(47-29(38)33(6,7)8)22(46-26)20-43-28(37)32(3,4)5/h17-19,22-27,36H,15-16,20H2,1-14H3/t22-,23+,24+,25-,26-,27?/m1/s1. The maximum atomic E-state index is 14.3. The van der Waals surface area contributed by atoms with Crippen LogP contribution >= 0.6 is 7.60 Å². The molecule has 2 heterocycles. The minimum atomic E-state index is -4.09. The van der Waals surface area contributed by atoms with Crippen LogP contribution in [-0.2, 0) is 56.5 Å². The van der Waals surface area contributed by atoms with E-state index in [1.807, 2.05) is 0 Å². The monoisotopic (exact) mass is 731 g/mol. The second kappa shape index (κ2) is 16.7. The van der Waals surface area contributed by atoms with Gasteiger partial charge < -0.3 is 37.1 Å². The summed E-state index contributed by atoms with van der Waals surface area (Å²) in [6.07, 6.45) is -5.84. The van der Waals surface area contributed by atoms with Gasteiger partial charge in [-0.2, -0.15) is 0 Å². The van der Waals surface area contributed by atoms with E-state index in [9.17, 15) is 23.7 Å². The van der Waals surface area contributed by atoms with Gasteiger partial charge in [0.05, 0.1) is 41.1 Å². The quantitative estimate of drug-likeness (QED) is 0.135. The highest BCUT2D eigenvalue weighted by Gasteiger charge is 2.56. The molecule has 1 aliphatic rings. The van der Waals surface area contributed by atoms with Crippen molar-refractivity contribution in [2.45, 2.75) is 133 Å². The van der Waals surface area contributed by atoms with E-state index < -0.39 is 96.2 Å². The van der Waals surface area contributed by atoms with E-state index >= 15 is 0 Å². The molecular formula is C35H58NO13P. The Labute approximate surface area is 296 Å². The van der Waals surface area contributed by atoms with Crippen molar-refractivity contribution in [2.24, 2.45) is 21.7 Å². The summed E-state index contributed by atoms with van der Waals surface area (Å²) in [5.74, 6) is -3.88. The number of hydrogen-bond acceptors (Lipinski definition) is 14. The van der Waals surface area contributed by atoms with Crippen LogP contribution in [0.4, 0.5) is 0 Å². The van der Waals surface area contributed by atoms with Crippen molar-refractivity contribution in [1.29, 1.82) is 0 Å². The molecule has 15 heteroatoms. The van der Waals surface area contributed by atoms with Crippen LogP contribution in [-0.4, -0.2) is 74.3 Å². The van der Waals surface area contributed by atoms with Crippen LogP contribution in [0.25, 0.3) is 0 Å². The van der Waals surface area contributed by atoms with Gasteiger partial charge >= 0.3 is 31.5 Å². The Balaban J connectivity index is 2.88. The normalized spacial score (nSPS) is 22.7. The summed E-state index contributed by atoms with van der Waals surface area (Å²) in [4.78, 5) is 53.6. The molecule has 1 unspecified atom stereocenters. The zero-order valence-electron chi connectivity index (χ0n) is 32.1. The molecule has 1 aromatic rings. The first-order valence-corrected chi connectivity index (χ1v) is 18.5. The van der Waals surface area contributed by atoms with E-state index in [-0.39, 0.29) is 19.0 Å². The third-order valence-electron chi connectivity index (χ3n) is 7.26. The lowest BCUT2D eigenvalue weighted by atomic mass is 9.92. The highest BCUT2D eigenvalue weighted by Crippen LogP contribution is 2.60. The highest BCUT2D eigenvalue weighted by molar-refractivity contribution is 7.54. The molecule has 0 amide bonds. The first-order chi connectivity index (χ1) is 22.8. The fraction of sp³-hybridized carbons (Fsp3) is 0.771. The molecule has 1 N–H and O–H groups in total. The molecule has 6 atom stereocenters. The lowest BCUT2D eigenvalue weighted by Gasteiger charge is -2.47. The second-order valence-corrected chi connectivity index (χ2v) is 18.4. The van der Waals surface area contributed by atoms with E-state index in [1.165, 1.54) is 6.26 Å². The number of carbonyl (C=O) groups is 4. The number of rotatable bonds is 13. The highest BCUT2D eigenvalue weighted by atomic mass is 31.2. The van der Waals surface area contributed by atoms with Crippen LogP contribution in [0.3, 0.4) is 0 Å². The Morgan fingerprint density at radius 3 is 1.56 bits per heavy atom. The number of furan rings is 1. The Kier molecular flexibility index (Phi) is 14.5. The van der Waals surface area contributed by atoms with Crippen molar-refractivity contribution in [2.75, 3.05) is 19.8 Å². The van der Waals surface area contributed by atoms with Crippen molar-refractivity contribution < 1.29 is 60.9 Å². The van der Waals surface area contributed by atoms with Crippen molar-refractivity contribution in [3.05, 3.63) is 24.2 Å². The number of ether oxygens (including phenoxy) is 5. The Morgan fingerprint density at radius 1 is 0.720 bits per heavy atom. The molecule has 1 fully saturated rings. The van der Waals surface area contributed by atoms with Gasteiger partial charge in [-0.1, -0.05) is 0 Å². The summed E-state index contributed by atoms with van der Waals surface area (Å²) in [5, 5.41) is 3.09. The van der Waals surface area contributed by atoms with Gasteiger partial charge in [-0.25, -0.2) is 0 Å². The summed E-state index contributed by atoms with van der Waals surface area (Å²) >= 11 is 0. The van der Waals surface area contributed by atoms with Gasteiger partial charge in [0.15, 0.2) is 30.3 Å². The van der Waals surface area contributed by atoms with Crippen LogP contribution in [0.2, 0.25) is 0 Å². The third kappa shape index (κ3) is 11.6. The van der Waals surface area contributed by atoms with Gasteiger partial charge in [0.25, 0.3) is 0 Å². The molecule has 2 rings (SSSR count). The summed E-state index contributed by atoms with van der Waals surface area (Å²) in [7, 11) is -4.09. The van der Waals surface area contributed by atoms with Gasteiger partial charge in [0.2, 0.25) is 0 Å². The summed E-state index contributed by atoms with van der Waals surface area (Å²) in [5.41, 5.74) is -4.03. The van der Waals surface area contributed by atoms with Gasteiger partial charge in [-0.3, -0.25) is 29.1 Å². The number of nitrogens with one attached hydrogen (secondary N) is 1. The van der Waals surface area contributed by atoms with E-state index in [1.54, 1.807) is 109 Å². The first-order valence-electron chi connectivity index (χ1n) is 16.9. The van der Waals surface area contributed by atoms with Crippen molar-refractivity contribution in [1.82, 2.24) is 5.32 Å². The largest absolute Gasteiger partial charge is 0.467 e. The van der Waals surface area contributed by atoms with E-state index in [0.29, 0.717) is 0 Å². The second-order valence-electron chi connectivity index (χ2n) is 16.3. The minimum Gasteiger partial charge on any atom is -0.467 e. The molecule has 0 aromatic carbocycles. The summed E-state index contributed by atoms with van der Waals surface area (Å²) in [6, 6.07) is 3.13. The average Bonchev–Trinajstić information content (AvgIpc) is 3.49. The maximum absolute atomic E-state index is 14.3.